The summed E-state index contributed by atoms with van der Waals surface area (Å²) in [6.45, 7) is 6.61. The molecule has 0 nitrogen and oxygen atoms in total. The number of hydrogen-bond donors (Lipinski definition) is 0. The van der Waals surface area contributed by atoms with Crippen LogP contribution in [0, 0.1) is 11.8 Å². The highest BCUT2D eigenvalue weighted by Gasteiger charge is 2.22. The van der Waals surface area contributed by atoms with Crippen molar-refractivity contribution in [3.63, 3.8) is 0 Å². The molecule has 0 saturated heterocycles. The largest absolute Gasteiger partial charge is 0.0874 e. The average Bonchev–Trinajstić information content (AvgIpc) is 2.47. The summed E-state index contributed by atoms with van der Waals surface area (Å²) < 4.78 is 0. The summed E-state index contributed by atoms with van der Waals surface area (Å²) in [5.41, 5.74) is 1.54. The van der Waals surface area contributed by atoms with E-state index < -0.39 is 0 Å². The van der Waals surface area contributed by atoms with Crippen LogP contribution in [0.2, 0.25) is 0 Å². The lowest BCUT2D eigenvalue weighted by atomic mass is 9.96. The van der Waals surface area contributed by atoms with Gasteiger partial charge in [-0.1, -0.05) is 31.6 Å². The Hall–Kier alpha value is -0.520. The number of allylic oxidation sites excluding steroid dienone is 4. The van der Waals surface area contributed by atoms with E-state index in [4.69, 9.17) is 0 Å². The molecule has 2 unspecified atom stereocenters. The van der Waals surface area contributed by atoms with Gasteiger partial charge in [0.15, 0.2) is 0 Å². The first-order chi connectivity index (χ1) is 5.77. The molecule has 1 aliphatic carbocycles. The Kier molecular flexibility index (Phi) is 3.58. The molecule has 0 heteroatoms. The van der Waals surface area contributed by atoms with Gasteiger partial charge in [0.25, 0.3) is 0 Å². The molecule has 1 fully saturated rings. The lowest BCUT2D eigenvalue weighted by Crippen LogP contribution is -1.96. The lowest BCUT2D eigenvalue weighted by Gasteiger charge is -2.10. The molecule has 0 amide bonds. The van der Waals surface area contributed by atoms with Crippen LogP contribution in [0.25, 0.3) is 0 Å². The van der Waals surface area contributed by atoms with E-state index in [0.29, 0.717) is 0 Å². The number of rotatable bonds is 2. The van der Waals surface area contributed by atoms with E-state index in [1.165, 1.54) is 19.3 Å². The van der Waals surface area contributed by atoms with Gasteiger partial charge in [-0.3, -0.25) is 0 Å². The predicted molar refractivity (Wildman–Crippen MR) is 55.1 cm³/mol. The van der Waals surface area contributed by atoms with Gasteiger partial charge < -0.3 is 0 Å². The summed E-state index contributed by atoms with van der Waals surface area (Å²) in [5.74, 6) is 1.79. The molecular formula is C12H20. The summed E-state index contributed by atoms with van der Waals surface area (Å²) in [6.07, 6.45) is 10.9. The van der Waals surface area contributed by atoms with Gasteiger partial charge in [-0.05, 0) is 44.1 Å². The Balaban J connectivity index is 2.56. The SMILES string of the molecule is CC=CC(=CC)C1CCC(C)C1. The normalized spacial score (nSPS) is 31.8. The second kappa shape index (κ2) is 4.49. The van der Waals surface area contributed by atoms with E-state index in [-0.39, 0.29) is 0 Å². The molecule has 0 aliphatic heterocycles. The van der Waals surface area contributed by atoms with Crippen LogP contribution in [-0.2, 0) is 0 Å². The molecule has 1 rings (SSSR count). The van der Waals surface area contributed by atoms with Crippen molar-refractivity contribution in [2.75, 3.05) is 0 Å². The Labute approximate surface area is 76.4 Å². The highest BCUT2D eigenvalue weighted by atomic mass is 14.3. The Morgan fingerprint density at radius 2 is 2.00 bits per heavy atom. The molecule has 0 spiro atoms. The standard InChI is InChI=1S/C12H20/c1-4-6-11(5-2)12-8-7-10(3)9-12/h4-6,10,12H,7-9H2,1-3H3. The van der Waals surface area contributed by atoms with Crippen molar-refractivity contribution in [1.29, 1.82) is 0 Å². The first-order valence-corrected chi connectivity index (χ1v) is 5.06. The molecular weight excluding hydrogens is 144 g/mol. The zero-order chi connectivity index (χ0) is 8.97. The van der Waals surface area contributed by atoms with E-state index >= 15 is 0 Å². The minimum Gasteiger partial charge on any atom is -0.0874 e. The molecule has 12 heavy (non-hydrogen) atoms. The smallest absolute Gasteiger partial charge is 0.0163 e. The molecule has 0 heterocycles. The van der Waals surface area contributed by atoms with E-state index in [1.807, 2.05) is 0 Å². The molecule has 68 valence electrons. The van der Waals surface area contributed by atoms with Crippen molar-refractivity contribution in [3.8, 4) is 0 Å². The second-order valence-electron chi connectivity index (χ2n) is 3.90. The van der Waals surface area contributed by atoms with Crippen LogP contribution in [0.4, 0.5) is 0 Å². The van der Waals surface area contributed by atoms with Crippen molar-refractivity contribution in [1.82, 2.24) is 0 Å². The Morgan fingerprint density at radius 1 is 1.25 bits per heavy atom. The van der Waals surface area contributed by atoms with Crippen LogP contribution in [0.1, 0.15) is 40.0 Å². The first-order valence-electron chi connectivity index (χ1n) is 5.06. The van der Waals surface area contributed by atoms with Gasteiger partial charge in [0, 0.05) is 0 Å². The van der Waals surface area contributed by atoms with Crippen LogP contribution in [0.15, 0.2) is 23.8 Å². The maximum Gasteiger partial charge on any atom is -0.0163 e. The molecule has 0 bridgehead atoms. The third kappa shape index (κ3) is 2.23. The third-order valence-electron chi connectivity index (χ3n) is 2.86. The van der Waals surface area contributed by atoms with E-state index in [1.54, 1.807) is 5.57 Å². The van der Waals surface area contributed by atoms with Crippen LogP contribution in [0.5, 0.6) is 0 Å². The van der Waals surface area contributed by atoms with Gasteiger partial charge in [0.2, 0.25) is 0 Å². The molecule has 1 saturated carbocycles. The van der Waals surface area contributed by atoms with Gasteiger partial charge >= 0.3 is 0 Å². The predicted octanol–water partition coefficient (Wildman–Crippen LogP) is 3.95. The zero-order valence-electron chi connectivity index (χ0n) is 8.51. The van der Waals surface area contributed by atoms with Crippen molar-refractivity contribution < 1.29 is 0 Å². The molecule has 2 atom stereocenters. The van der Waals surface area contributed by atoms with Crippen molar-refractivity contribution in [3.05, 3.63) is 23.8 Å². The van der Waals surface area contributed by atoms with Crippen LogP contribution in [0.3, 0.4) is 0 Å². The maximum absolute atomic E-state index is 2.36. The summed E-state index contributed by atoms with van der Waals surface area (Å²) in [5, 5.41) is 0. The highest BCUT2D eigenvalue weighted by Crippen LogP contribution is 2.35. The fourth-order valence-corrected chi connectivity index (χ4v) is 2.17. The minimum absolute atomic E-state index is 0.848. The minimum atomic E-state index is 0.848. The van der Waals surface area contributed by atoms with Gasteiger partial charge in [-0.2, -0.15) is 0 Å². The molecule has 0 aromatic heterocycles. The van der Waals surface area contributed by atoms with E-state index in [0.717, 1.165) is 11.8 Å². The Morgan fingerprint density at radius 3 is 2.42 bits per heavy atom. The quantitative estimate of drug-likeness (QED) is 0.542. The topological polar surface area (TPSA) is 0 Å². The maximum atomic E-state index is 2.36. The van der Waals surface area contributed by atoms with Gasteiger partial charge in [-0.15, -0.1) is 0 Å². The van der Waals surface area contributed by atoms with Crippen LogP contribution in [-0.4, -0.2) is 0 Å². The summed E-state index contributed by atoms with van der Waals surface area (Å²) in [7, 11) is 0. The van der Waals surface area contributed by atoms with Crippen molar-refractivity contribution >= 4 is 0 Å². The van der Waals surface area contributed by atoms with E-state index in [9.17, 15) is 0 Å². The van der Waals surface area contributed by atoms with Crippen LogP contribution >= 0.6 is 0 Å². The highest BCUT2D eigenvalue weighted by molar-refractivity contribution is 5.21. The fourth-order valence-electron chi connectivity index (χ4n) is 2.17. The van der Waals surface area contributed by atoms with Crippen LogP contribution < -0.4 is 0 Å². The third-order valence-corrected chi connectivity index (χ3v) is 2.86. The van der Waals surface area contributed by atoms with Crippen molar-refractivity contribution in [2.24, 2.45) is 11.8 Å². The second-order valence-corrected chi connectivity index (χ2v) is 3.90. The summed E-state index contributed by atoms with van der Waals surface area (Å²) >= 11 is 0. The average molecular weight is 164 g/mol. The summed E-state index contributed by atoms with van der Waals surface area (Å²) in [6, 6.07) is 0. The molecule has 0 aromatic carbocycles. The van der Waals surface area contributed by atoms with E-state index in [2.05, 4.69) is 39.0 Å². The molecule has 0 N–H and O–H groups in total. The van der Waals surface area contributed by atoms with Crippen molar-refractivity contribution in [2.45, 2.75) is 40.0 Å². The molecule has 0 radical (unpaired) electrons. The zero-order valence-corrected chi connectivity index (χ0v) is 8.51. The van der Waals surface area contributed by atoms with Gasteiger partial charge in [-0.25, -0.2) is 0 Å². The monoisotopic (exact) mass is 164 g/mol. The summed E-state index contributed by atoms with van der Waals surface area (Å²) in [4.78, 5) is 0. The van der Waals surface area contributed by atoms with Gasteiger partial charge in [0.1, 0.15) is 0 Å². The Bertz CT molecular complexity index is 186. The van der Waals surface area contributed by atoms with Gasteiger partial charge in [0.05, 0.1) is 0 Å². The first kappa shape index (κ1) is 9.57. The fraction of sp³-hybridized carbons (Fsp3) is 0.667. The number of hydrogen-bond acceptors (Lipinski definition) is 0. The lowest BCUT2D eigenvalue weighted by molar-refractivity contribution is 0.576. The molecule has 1 aliphatic rings. The molecule has 0 aromatic rings.